The van der Waals surface area contributed by atoms with Gasteiger partial charge in [-0.3, -0.25) is 14.2 Å². The maximum atomic E-state index is 13.7. The number of rotatable bonds is 6. The lowest BCUT2D eigenvalue weighted by molar-refractivity contribution is -0.113. The molecule has 1 atom stereocenters. The molecule has 0 radical (unpaired) electrons. The number of benzene rings is 1. The summed E-state index contributed by atoms with van der Waals surface area (Å²) in [7, 11) is 0. The Morgan fingerprint density at radius 3 is 2.66 bits per heavy atom. The molecule has 0 bridgehead atoms. The van der Waals surface area contributed by atoms with Gasteiger partial charge in [-0.1, -0.05) is 35.6 Å². The van der Waals surface area contributed by atoms with Crippen molar-refractivity contribution in [3.8, 4) is 0 Å². The lowest BCUT2D eigenvalue weighted by atomic mass is 10.0. The number of thiazole rings is 1. The molecule has 0 aliphatic carbocycles. The van der Waals surface area contributed by atoms with E-state index in [1.54, 1.807) is 42.1 Å². The fourth-order valence-electron chi connectivity index (χ4n) is 4.07. The third-order valence-electron chi connectivity index (χ3n) is 5.72. The van der Waals surface area contributed by atoms with Gasteiger partial charge in [0.05, 0.1) is 15.8 Å². The molecule has 38 heavy (non-hydrogen) atoms. The second-order valence-electron chi connectivity index (χ2n) is 8.21. The zero-order valence-electron chi connectivity index (χ0n) is 19.9. The van der Waals surface area contributed by atoms with Crippen molar-refractivity contribution in [3.63, 3.8) is 0 Å². The maximum Gasteiger partial charge on any atom is 0.271 e. The summed E-state index contributed by atoms with van der Waals surface area (Å²) in [5, 5.41) is 6.07. The van der Waals surface area contributed by atoms with Gasteiger partial charge in [-0.15, -0.1) is 11.3 Å². The number of fused-ring (bicyclic) bond motifs is 1. The van der Waals surface area contributed by atoms with E-state index in [1.807, 2.05) is 53.9 Å². The first kappa shape index (κ1) is 24.3. The Balaban J connectivity index is 1.39. The molecule has 1 amide bonds. The van der Waals surface area contributed by atoms with E-state index in [0.717, 1.165) is 4.88 Å². The smallest absolute Gasteiger partial charge is 0.271 e. The molecule has 1 aliphatic rings. The topological polar surface area (TPSA) is 102 Å². The van der Waals surface area contributed by atoms with E-state index >= 15 is 0 Å². The molecule has 1 aliphatic heterocycles. The normalized spacial score (nSPS) is 15.3. The van der Waals surface area contributed by atoms with Crippen molar-refractivity contribution < 1.29 is 9.21 Å². The highest BCUT2D eigenvalue weighted by molar-refractivity contribution is 7.99. The molecule has 5 heterocycles. The summed E-state index contributed by atoms with van der Waals surface area (Å²) < 4.78 is 7.97. The molecule has 4 aromatic heterocycles. The van der Waals surface area contributed by atoms with Gasteiger partial charge in [0.25, 0.3) is 11.5 Å². The van der Waals surface area contributed by atoms with E-state index in [1.165, 1.54) is 34.4 Å². The van der Waals surface area contributed by atoms with Gasteiger partial charge in [0.1, 0.15) is 11.8 Å². The summed E-state index contributed by atoms with van der Waals surface area (Å²) in [5.41, 5.74) is 1.45. The monoisotopic (exact) mass is 557 g/mol. The quantitative estimate of drug-likeness (QED) is 0.309. The molecule has 0 saturated heterocycles. The minimum atomic E-state index is -0.588. The molecule has 0 spiro atoms. The fourth-order valence-corrected chi connectivity index (χ4v) is 6.60. The minimum absolute atomic E-state index is 0.235. The fraction of sp³-hybridized carbons (Fsp3) is 0.0741. The van der Waals surface area contributed by atoms with Crippen molar-refractivity contribution in [2.75, 3.05) is 5.32 Å². The van der Waals surface area contributed by atoms with Crippen LogP contribution in [0.25, 0.3) is 6.08 Å². The first-order valence-corrected chi connectivity index (χ1v) is 14.0. The average molecular weight is 558 g/mol. The van der Waals surface area contributed by atoms with Crippen LogP contribution in [-0.4, -0.2) is 20.4 Å². The number of aromatic nitrogens is 3. The molecular formula is C27H19N5O3S3. The van der Waals surface area contributed by atoms with Crippen molar-refractivity contribution in [1.82, 2.24) is 14.5 Å². The zero-order valence-corrected chi connectivity index (χ0v) is 22.3. The van der Waals surface area contributed by atoms with Crippen LogP contribution in [0.15, 0.2) is 114 Å². The molecular weight excluding hydrogens is 539 g/mol. The van der Waals surface area contributed by atoms with Crippen molar-refractivity contribution >= 4 is 52.1 Å². The van der Waals surface area contributed by atoms with Crippen molar-refractivity contribution in [2.45, 2.75) is 23.2 Å². The summed E-state index contributed by atoms with van der Waals surface area (Å²) in [6.07, 6.45) is 5.04. The molecule has 1 unspecified atom stereocenters. The number of para-hydroxylation sites is 1. The van der Waals surface area contributed by atoms with E-state index in [4.69, 9.17) is 4.42 Å². The van der Waals surface area contributed by atoms with E-state index in [0.29, 0.717) is 42.3 Å². The van der Waals surface area contributed by atoms with Crippen molar-refractivity contribution in [2.24, 2.45) is 4.99 Å². The number of carbonyl (C=O) groups excluding carboxylic acids is 1. The SMILES string of the molecule is CC1=C(C(=O)Nc2ccccc2)C(c2cccs2)n2c(s/c(=C/c3ccc(Sc4ncccn4)o3)c2=O)=N1. The van der Waals surface area contributed by atoms with Gasteiger partial charge >= 0.3 is 0 Å². The number of furan rings is 1. The Kier molecular flexibility index (Phi) is 6.62. The van der Waals surface area contributed by atoms with Crippen LogP contribution in [0.3, 0.4) is 0 Å². The largest absolute Gasteiger partial charge is 0.450 e. The number of carbonyl (C=O) groups is 1. The maximum absolute atomic E-state index is 13.7. The van der Waals surface area contributed by atoms with Crippen LogP contribution in [0.4, 0.5) is 5.69 Å². The van der Waals surface area contributed by atoms with Crippen LogP contribution in [-0.2, 0) is 4.79 Å². The molecule has 188 valence electrons. The van der Waals surface area contributed by atoms with Gasteiger partial charge in [0, 0.05) is 29.0 Å². The molecule has 6 rings (SSSR count). The number of hydrogen-bond acceptors (Lipinski definition) is 9. The van der Waals surface area contributed by atoms with Gasteiger partial charge in [0.2, 0.25) is 0 Å². The highest BCUT2D eigenvalue weighted by Gasteiger charge is 2.33. The predicted octanol–water partition coefficient (Wildman–Crippen LogP) is 4.47. The molecule has 0 saturated carbocycles. The standard InChI is InChI=1S/C27H19N5O3S3/c1-16-22(24(33)31-17-7-3-2-4-8-17)23(19-9-5-14-36-19)32-25(34)20(37-27(32)30-16)15-18-10-11-21(35-18)38-26-28-12-6-13-29-26/h2-15,23H,1H3,(H,31,33)/b20-15+. The van der Waals surface area contributed by atoms with Crippen LogP contribution >= 0.6 is 34.4 Å². The number of thiophene rings is 1. The number of nitrogens with one attached hydrogen (secondary N) is 1. The van der Waals surface area contributed by atoms with Crippen LogP contribution in [0, 0.1) is 0 Å². The Bertz CT molecular complexity index is 1820. The highest BCUT2D eigenvalue weighted by Crippen LogP contribution is 2.33. The summed E-state index contributed by atoms with van der Waals surface area (Å²) >= 11 is 4.06. The number of amides is 1. The van der Waals surface area contributed by atoms with Crippen LogP contribution in [0.1, 0.15) is 23.6 Å². The predicted molar refractivity (Wildman–Crippen MR) is 148 cm³/mol. The van der Waals surface area contributed by atoms with E-state index in [2.05, 4.69) is 20.3 Å². The van der Waals surface area contributed by atoms with Crippen molar-refractivity contribution in [3.05, 3.63) is 120 Å². The second-order valence-corrected chi connectivity index (χ2v) is 11.2. The van der Waals surface area contributed by atoms with Gasteiger partial charge in [-0.05, 0) is 60.5 Å². The van der Waals surface area contributed by atoms with Crippen LogP contribution in [0.2, 0.25) is 0 Å². The van der Waals surface area contributed by atoms with Gasteiger partial charge < -0.3 is 9.73 Å². The van der Waals surface area contributed by atoms with Gasteiger partial charge in [-0.2, -0.15) is 0 Å². The zero-order chi connectivity index (χ0) is 26.1. The van der Waals surface area contributed by atoms with Crippen LogP contribution in [0.5, 0.6) is 0 Å². The Labute approximate surface area is 228 Å². The third-order valence-corrected chi connectivity index (χ3v) is 8.44. The highest BCUT2D eigenvalue weighted by atomic mass is 32.2. The minimum Gasteiger partial charge on any atom is -0.450 e. The number of allylic oxidation sites excluding steroid dienone is 1. The van der Waals surface area contributed by atoms with E-state index in [9.17, 15) is 9.59 Å². The Morgan fingerprint density at radius 2 is 1.89 bits per heavy atom. The summed E-state index contributed by atoms with van der Waals surface area (Å²) in [6, 6.07) is 17.9. The molecule has 1 N–H and O–H groups in total. The lowest BCUT2D eigenvalue weighted by Gasteiger charge is -2.24. The summed E-state index contributed by atoms with van der Waals surface area (Å²) in [4.78, 5) is 41.7. The van der Waals surface area contributed by atoms with E-state index in [-0.39, 0.29) is 11.5 Å². The Morgan fingerprint density at radius 1 is 1.08 bits per heavy atom. The molecule has 11 heteroatoms. The molecule has 5 aromatic rings. The summed E-state index contributed by atoms with van der Waals surface area (Å²) in [6.45, 7) is 1.80. The third kappa shape index (κ3) is 4.78. The number of hydrogen-bond donors (Lipinski definition) is 1. The average Bonchev–Trinajstić information content (AvgIpc) is 3.67. The van der Waals surface area contributed by atoms with Gasteiger partial charge in [0.15, 0.2) is 15.1 Å². The van der Waals surface area contributed by atoms with Crippen LogP contribution < -0.4 is 20.2 Å². The Hall–Kier alpha value is -4.06. The number of anilines is 1. The first-order valence-electron chi connectivity index (χ1n) is 11.5. The second kappa shape index (κ2) is 10.4. The van der Waals surface area contributed by atoms with E-state index < -0.39 is 6.04 Å². The summed E-state index contributed by atoms with van der Waals surface area (Å²) in [5.74, 6) is 0.236. The lowest BCUT2D eigenvalue weighted by Crippen LogP contribution is -2.40. The number of nitrogens with zero attached hydrogens (tertiary/aromatic N) is 4. The molecule has 1 aromatic carbocycles. The first-order chi connectivity index (χ1) is 18.6. The molecule has 0 fully saturated rings. The van der Waals surface area contributed by atoms with Gasteiger partial charge in [-0.25, -0.2) is 15.0 Å². The molecule has 8 nitrogen and oxygen atoms in total. The van der Waals surface area contributed by atoms with Crippen molar-refractivity contribution in [1.29, 1.82) is 0 Å².